The fourth-order valence-electron chi connectivity index (χ4n) is 1.41. The van der Waals surface area contributed by atoms with E-state index in [0.29, 0.717) is 12.5 Å². The van der Waals surface area contributed by atoms with Gasteiger partial charge in [0, 0.05) is 6.07 Å². The van der Waals surface area contributed by atoms with Crippen LogP contribution in [0.25, 0.3) is 0 Å². The predicted molar refractivity (Wildman–Crippen MR) is 70.2 cm³/mol. The normalized spacial score (nSPS) is 11.0. The lowest BCUT2D eigenvalue weighted by atomic mass is 10.2. The minimum Gasteiger partial charge on any atom is -0.473 e. The van der Waals surface area contributed by atoms with Crippen LogP contribution in [-0.2, 0) is 16.9 Å². The molecule has 2 N–H and O–H groups in total. The first-order valence-corrected chi connectivity index (χ1v) is 6.85. The molecular weight excluding hydrogens is 268 g/mol. The molecule has 6 nitrogen and oxygen atoms in total. The van der Waals surface area contributed by atoms with E-state index >= 15 is 0 Å². The Bertz CT molecular complexity index is 627. The van der Waals surface area contributed by atoms with Gasteiger partial charge >= 0.3 is 10.3 Å². The van der Waals surface area contributed by atoms with E-state index in [-0.39, 0.29) is 5.69 Å². The number of pyridine rings is 1. The third-order valence-electron chi connectivity index (χ3n) is 2.21. The summed E-state index contributed by atoms with van der Waals surface area (Å²) in [5, 5.41) is 0. The van der Waals surface area contributed by atoms with Gasteiger partial charge in [-0.2, -0.15) is 8.42 Å². The van der Waals surface area contributed by atoms with Gasteiger partial charge in [0.25, 0.3) is 0 Å². The number of nitrogens with one attached hydrogen (secondary N) is 1. The second-order valence-corrected chi connectivity index (χ2v) is 4.89. The summed E-state index contributed by atoms with van der Waals surface area (Å²) in [4.78, 5) is 3.92. The van der Waals surface area contributed by atoms with Gasteiger partial charge in [0.1, 0.15) is 6.61 Å². The second-order valence-electron chi connectivity index (χ2n) is 3.74. The lowest BCUT2D eigenvalue weighted by molar-refractivity contribution is 0.294. The van der Waals surface area contributed by atoms with Gasteiger partial charge in [0.2, 0.25) is 5.88 Å². The summed E-state index contributed by atoms with van der Waals surface area (Å²) >= 11 is 0. The van der Waals surface area contributed by atoms with E-state index in [4.69, 9.17) is 9.29 Å². The molecule has 1 aromatic heterocycles. The van der Waals surface area contributed by atoms with Crippen LogP contribution in [0.3, 0.4) is 0 Å². The summed E-state index contributed by atoms with van der Waals surface area (Å²) in [5.74, 6) is 0.366. The van der Waals surface area contributed by atoms with Crippen molar-refractivity contribution in [3.63, 3.8) is 0 Å². The van der Waals surface area contributed by atoms with E-state index in [1.165, 1.54) is 18.3 Å². The molecule has 0 saturated carbocycles. The highest BCUT2D eigenvalue weighted by molar-refractivity contribution is 7.87. The van der Waals surface area contributed by atoms with E-state index in [9.17, 15) is 8.42 Å². The monoisotopic (exact) mass is 280 g/mol. The lowest BCUT2D eigenvalue weighted by Gasteiger charge is -2.06. The van der Waals surface area contributed by atoms with Gasteiger partial charge in [-0.25, -0.2) is 4.98 Å². The van der Waals surface area contributed by atoms with Crippen molar-refractivity contribution in [3.05, 3.63) is 54.2 Å². The average Bonchev–Trinajstić information content (AvgIpc) is 2.37. The summed E-state index contributed by atoms with van der Waals surface area (Å²) in [6.07, 6.45) is 1.26. The molecule has 0 aliphatic heterocycles. The van der Waals surface area contributed by atoms with Crippen LogP contribution in [-0.4, -0.2) is 18.0 Å². The fraction of sp³-hybridized carbons (Fsp3) is 0.0833. The summed E-state index contributed by atoms with van der Waals surface area (Å²) < 4.78 is 37.1. The van der Waals surface area contributed by atoms with Gasteiger partial charge in [0.05, 0.1) is 11.9 Å². The van der Waals surface area contributed by atoms with Crippen molar-refractivity contribution < 1.29 is 17.7 Å². The zero-order valence-corrected chi connectivity index (χ0v) is 10.7. The summed E-state index contributed by atoms with van der Waals surface area (Å²) in [7, 11) is -4.28. The summed E-state index contributed by atoms with van der Waals surface area (Å²) in [6, 6.07) is 12.5. The highest BCUT2D eigenvalue weighted by Crippen LogP contribution is 2.13. The number of nitrogens with zero attached hydrogens (tertiary/aromatic N) is 1. The number of hydrogen-bond donors (Lipinski definition) is 2. The zero-order chi connectivity index (χ0) is 13.7. The third kappa shape index (κ3) is 4.57. The molecule has 0 atom stereocenters. The minimum atomic E-state index is -4.28. The molecule has 0 radical (unpaired) electrons. The van der Waals surface area contributed by atoms with Crippen molar-refractivity contribution in [1.82, 2.24) is 4.98 Å². The summed E-state index contributed by atoms with van der Waals surface area (Å²) in [5.41, 5.74) is 1.17. The largest absolute Gasteiger partial charge is 0.473 e. The van der Waals surface area contributed by atoms with E-state index < -0.39 is 10.3 Å². The van der Waals surface area contributed by atoms with Crippen molar-refractivity contribution in [2.24, 2.45) is 0 Å². The molecule has 1 aromatic carbocycles. The standard InChI is InChI=1S/C12H12N2O4S/c15-19(16,17)14-11-6-7-12(13-8-11)18-9-10-4-2-1-3-5-10/h1-8,14H,9H2,(H,15,16,17). The zero-order valence-electron chi connectivity index (χ0n) is 9.85. The van der Waals surface area contributed by atoms with Crippen LogP contribution in [0.1, 0.15) is 5.56 Å². The van der Waals surface area contributed by atoms with Crippen molar-refractivity contribution in [1.29, 1.82) is 0 Å². The Balaban J connectivity index is 1.96. The molecule has 0 spiro atoms. The van der Waals surface area contributed by atoms with Crippen molar-refractivity contribution in [2.75, 3.05) is 4.72 Å². The van der Waals surface area contributed by atoms with Crippen molar-refractivity contribution in [2.45, 2.75) is 6.61 Å². The highest BCUT2D eigenvalue weighted by Gasteiger charge is 2.04. The third-order valence-corrected chi connectivity index (χ3v) is 2.71. The van der Waals surface area contributed by atoms with Crippen LogP contribution in [0.15, 0.2) is 48.7 Å². The number of anilines is 1. The molecule has 7 heteroatoms. The smallest absolute Gasteiger partial charge is 0.357 e. The topological polar surface area (TPSA) is 88.5 Å². The van der Waals surface area contributed by atoms with Crippen molar-refractivity contribution in [3.8, 4) is 5.88 Å². The van der Waals surface area contributed by atoms with E-state index in [0.717, 1.165) is 5.56 Å². The van der Waals surface area contributed by atoms with Crippen LogP contribution in [0.4, 0.5) is 5.69 Å². The molecular formula is C12H12N2O4S. The maximum absolute atomic E-state index is 10.6. The van der Waals surface area contributed by atoms with Crippen LogP contribution in [0.5, 0.6) is 5.88 Å². The SMILES string of the molecule is O=S(=O)(O)Nc1ccc(OCc2ccccc2)nc1. The number of hydrogen-bond acceptors (Lipinski definition) is 4. The predicted octanol–water partition coefficient (Wildman–Crippen LogP) is 1.88. The number of aromatic nitrogens is 1. The van der Waals surface area contributed by atoms with Gasteiger partial charge in [-0.3, -0.25) is 9.27 Å². The van der Waals surface area contributed by atoms with Gasteiger partial charge in [0.15, 0.2) is 0 Å². The Hall–Kier alpha value is -2.12. The molecule has 0 saturated heterocycles. The fourth-order valence-corrected chi connectivity index (χ4v) is 1.83. The molecule has 0 amide bonds. The number of ether oxygens (including phenoxy) is 1. The first kappa shape index (κ1) is 13.3. The van der Waals surface area contributed by atoms with Crippen LogP contribution in [0.2, 0.25) is 0 Å². The van der Waals surface area contributed by atoms with Gasteiger partial charge in [-0.15, -0.1) is 0 Å². The highest BCUT2D eigenvalue weighted by atomic mass is 32.2. The maximum Gasteiger partial charge on any atom is 0.357 e. The lowest BCUT2D eigenvalue weighted by Crippen LogP contribution is -2.10. The molecule has 0 aliphatic rings. The van der Waals surface area contributed by atoms with Crippen molar-refractivity contribution >= 4 is 16.0 Å². The van der Waals surface area contributed by atoms with Gasteiger partial charge < -0.3 is 4.74 Å². The number of rotatable bonds is 5. The van der Waals surface area contributed by atoms with Crippen LogP contribution < -0.4 is 9.46 Å². The first-order chi connectivity index (χ1) is 9.03. The van der Waals surface area contributed by atoms with Crippen LogP contribution in [0, 0.1) is 0 Å². The minimum absolute atomic E-state index is 0.162. The Morgan fingerprint density at radius 2 is 1.89 bits per heavy atom. The molecule has 19 heavy (non-hydrogen) atoms. The molecule has 100 valence electrons. The van der Waals surface area contributed by atoms with E-state index in [1.54, 1.807) is 0 Å². The second kappa shape index (κ2) is 5.68. The molecule has 0 unspecified atom stereocenters. The molecule has 0 aliphatic carbocycles. The molecule has 0 fully saturated rings. The average molecular weight is 280 g/mol. The quantitative estimate of drug-likeness (QED) is 0.816. The Morgan fingerprint density at radius 3 is 2.47 bits per heavy atom. The first-order valence-electron chi connectivity index (χ1n) is 5.41. The molecule has 0 bridgehead atoms. The maximum atomic E-state index is 10.6. The Kier molecular flexibility index (Phi) is 3.98. The number of benzene rings is 1. The molecule has 2 aromatic rings. The van der Waals surface area contributed by atoms with E-state index in [2.05, 4.69) is 4.98 Å². The Morgan fingerprint density at radius 1 is 1.16 bits per heavy atom. The molecule has 1 heterocycles. The Labute approximate surface area is 111 Å². The van der Waals surface area contributed by atoms with E-state index in [1.807, 2.05) is 35.1 Å². The molecule has 2 rings (SSSR count). The van der Waals surface area contributed by atoms with Crippen LogP contribution >= 0.6 is 0 Å². The van der Waals surface area contributed by atoms with Gasteiger partial charge in [-0.1, -0.05) is 30.3 Å². The van der Waals surface area contributed by atoms with Gasteiger partial charge in [-0.05, 0) is 11.6 Å². The summed E-state index contributed by atoms with van der Waals surface area (Å²) in [6.45, 7) is 0.374.